The molecule has 1 aliphatic heterocycles. The zero-order valence-corrected chi connectivity index (χ0v) is 10.4. The molecule has 1 unspecified atom stereocenters. The fraction of sp³-hybridized carbons (Fsp3) is 0.615. The number of nitrogens with zero attached hydrogens (tertiary/aromatic N) is 1. The van der Waals surface area contributed by atoms with Crippen molar-refractivity contribution in [1.82, 2.24) is 4.90 Å². The molecule has 1 aliphatic rings. The van der Waals surface area contributed by atoms with E-state index < -0.39 is 6.10 Å². The molecule has 0 spiro atoms. The van der Waals surface area contributed by atoms with E-state index in [1.165, 1.54) is 0 Å². The predicted octanol–water partition coefficient (Wildman–Crippen LogP) is 1.75. The lowest BCUT2D eigenvalue weighted by atomic mass is 10.1. The first-order valence-electron chi connectivity index (χ1n) is 6.18. The van der Waals surface area contributed by atoms with Gasteiger partial charge in [0.1, 0.15) is 5.76 Å². The lowest BCUT2D eigenvalue weighted by Gasteiger charge is -2.29. The molecule has 1 amide bonds. The van der Waals surface area contributed by atoms with Crippen LogP contribution in [0.15, 0.2) is 10.5 Å². The third kappa shape index (κ3) is 2.52. The largest absolute Gasteiger partial charge is 0.456 e. The fourth-order valence-corrected chi connectivity index (χ4v) is 2.27. The van der Waals surface area contributed by atoms with Gasteiger partial charge in [-0.05, 0) is 31.4 Å². The molecule has 1 fully saturated rings. The Bertz CT molecular complexity index is 411. The molecule has 94 valence electrons. The van der Waals surface area contributed by atoms with Gasteiger partial charge < -0.3 is 14.4 Å². The van der Waals surface area contributed by atoms with Gasteiger partial charge in [0.15, 0.2) is 5.76 Å². The molecule has 2 heterocycles. The van der Waals surface area contributed by atoms with Gasteiger partial charge in [0.25, 0.3) is 5.91 Å². The summed E-state index contributed by atoms with van der Waals surface area (Å²) in [5.74, 6) is 1.16. The molecule has 0 radical (unpaired) electrons. The van der Waals surface area contributed by atoms with Crippen LogP contribution in [0.1, 0.15) is 41.6 Å². The van der Waals surface area contributed by atoms with Gasteiger partial charge in [-0.15, -0.1) is 0 Å². The Morgan fingerprint density at radius 3 is 3.00 bits per heavy atom. The summed E-state index contributed by atoms with van der Waals surface area (Å²) in [6.07, 6.45) is 2.03. The average Bonchev–Trinajstić information content (AvgIpc) is 2.69. The van der Waals surface area contributed by atoms with E-state index in [1.54, 1.807) is 11.0 Å². The van der Waals surface area contributed by atoms with Crippen molar-refractivity contribution >= 4 is 5.91 Å². The van der Waals surface area contributed by atoms with Crippen LogP contribution >= 0.6 is 0 Å². The Morgan fingerprint density at radius 1 is 1.65 bits per heavy atom. The maximum absolute atomic E-state index is 12.1. The van der Waals surface area contributed by atoms with Crippen LogP contribution in [-0.2, 0) is 6.42 Å². The second kappa shape index (κ2) is 4.92. The molecular formula is C13H19NO3. The SMILES string of the molecule is CCc1oc(C(=O)N2CCCC(O)C2)cc1C. The van der Waals surface area contributed by atoms with E-state index in [-0.39, 0.29) is 5.91 Å². The average molecular weight is 237 g/mol. The number of carbonyl (C=O) groups is 1. The number of aryl methyl sites for hydroxylation is 2. The van der Waals surface area contributed by atoms with Gasteiger partial charge in [-0.1, -0.05) is 6.92 Å². The molecular weight excluding hydrogens is 218 g/mol. The number of rotatable bonds is 2. The van der Waals surface area contributed by atoms with E-state index in [4.69, 9.17) is 4.42 Å². The molecule has 0 aromatic carbocycles. The van der Waals surface area contributed by atoms with Crippen LogP contribution in [0.4, 0.5) is 0 Å². The summed E-state index contributed by atoms with van der Waals surface area (Å²) in [5, 5.41) is 9.56. The number of furan rings is 1. The first-order valence-corrected chi connectivity index (χ1v) is 6.18. The van der Waals surface area contributed by atoms with Crippen molar-refractivity contribution in [2.24, 2.45) is 0 Å². The first kappa shape index (κ1) is 12.2. The topological polar surface area (TPSA) is 53.7 Å². The van der Waals surface area contributed by atoms with Crippen molar-refractivity contribution in [2.45, 2.75) is 39.2 Å². The molecule has 0 saturated carbocycles. The summed E-state index contributed by atoms with van der Waals surface area (Å²) >= 11 is 0. The zero-order chi connectivity index (χ0) is 12.4. The number of β-amino-alcohol motifs (C(OH)–C–C–N with tert-alkyl or cyclic N) is 1. The van der Waals surface area contributed by atoms with Crippen LogP contribution in [-0.4, -0.2) is 35.1 Å². The van der Waals surface area contributed by atoms with E-state index in [1.807, 2.05) is 13.8 Å². The molecule has 2 rings (SSSR count). The van der Waals surface area contributed by atoms with Crippen molar-refractivity contribution < 1.29 is 14.3 Å². The number of aliphatic hydroxyl groups is 1. The molecule has 1 aromatic rings. The molecule has 1 N–H and O–H groups in total. The van der Waals surface area contributed by atoms with Crippen LogP contribution < -0.4 is 0 Å². The predicted molar refractivity (Wildman–Crippen MR) is 64.0 cm³/mol. The molecule has 1 atom stereocenters. The molecule has 17 heavy (non-hydrogen) atoms. The maximum Gasteiger partial charge on any atom is 0.289 e. The van der Waals surface area contributed by atoms with Crippen molar-refractivity contribution in [3.8, 4) is 0 Å². The number of aliphatic hydroxyl groups excluding tert-OH is 1. The van der Waals surface area contributed by atoms with Gasteiger partial charge >= 0.3 is 0 Å². The highest BCUT2D eigenvalue weighted by Gasteiger charge is 2.25. The quantitative estimate of drug-likeness (QED) is 0.852. The van der Waals surface area contributed by atoms with Gasteiger partial charge in [-0.25, -0.2) is 0 Å². The van der Waals surface area contributed by atoms with Gasteiger partial charge in [-0.3, -0.25) is 4.79 Å². The second-order valence-electron chi connectivity index (χ2n) is 4.62. The van der Waals surface area contributed by atoms with Crippen molar-refractivity contribution in [1.29, 1.82) is 0 Å². The van der Waals surface area contributed by atoms with Crippen molar-refractivity contribution in [3.05, 3.63) is 23.2 Å². The lowest BCUT2D eigenvalue weighted by molar-refractivity contribution is 0.0447. The number of carbonyl (C=O) groups excluding carboxylic acids is 1. The first-order chi connectivity index (χ1) is 8.11. The number of piperidine rings is 1. The van der Waals surface area contributed by atoms with Gasteiger partial charge in [0.05, 0.1) is 6.10 Å². The Labute approximate surface area is 101 Å². The monoisotopic (exact) mass is 237 g/mol. The molecule has 1 saturated heterocycles. The minimum atomic E-state index is -0.394. The van der Waals surface area contributed by atoms with Crippen molar-refractivity contribution in [2.75, 3.05) is 13.1 Å². The molecule has 4 heteroatoms. The summed E-state index contributed by atoms with van der Waals surface area (Å²) in [6, 6.07) is 1.79. The maximum atomic E-state index is 12.1. The summed E-state index contributed by atoms with van der Waals surface area (Å²) in [7, 11) is 0. The summed E-state index contributed by atoms with van der Waals surface area (Å²) in [4.78, 5) is 13.8. The lowest BCUT2D eigenvalue weighted by Crippen LogP contribution is -2.42. The highest BCUT2D eigenvalue weighted by atomic mass is 16.4. The van der Waals surface area contributed by atoms with E-state index >= 15 is 0 Å². The Kier molecular flexibility index (Phi) is 3.52. The van der Waals surface area contributed by atoms with Gasteiger partial charge in [0.2, 0.25) is 0 Å². The third-order valence-corrected chi connectivity index (χ3v) is 3.24. The molecule has 1 aromatic heterocycles. The highest BCUT2D eigenvalue weighted by Crippen LogP contribution is 2.19. The van der Waals surface area contributed by atoms with Crippen LogP contribution in [0, 0.1) is 6.92 Å². The Morgan fingerprint density at radius 2 is 2.41 bits per heavy atom. The van der Waals surface area contributed by atoms with Gasteiger partial charge in [0, 0.05) is 19.5 Å². The smallest absolute Gasteiger partial charge is 0.289 e. The van der Waals surface area contributed by atoms with Crippen molar-refractivity contribution in [3.63, 3.8) is 0 Å². The zero-order valence-electron chi connectivity index (χ0n) is 10.4. The minimum absolute atomic E-state index is 0.105. The summed E-state index contributed by atoms with van der Waals surface area (Å²) < 4.78 is 5.54. The van der Waals surface area contributed by atoms with E-state index in [2.05, 4.69) is 0 Å². The minimum Gasteiger partial charge on any atom is -0.456 e. The summed E-state index contributed by atoms with van der Waals surface area (Å²) in [5.41, 5.74) is 1.02. The molecule has 0 aliphatic carbocycles. The third-order valence-electron chi connectivity index (χ3n) is 3.24. The number of hydrogen-bond donors (Lipinski definition) is 1. The van der Waals surface area contributed by atoms with E-state index in [9.17, 15) is 9.90 Å². The number of amides is 1. The normalized spacial score (nSPS) is 20.6. The standard InChI is InChI=1S/C13H19NO3/c1-3-11-9(2)7-12(17-11)13(16)14-6-4-5-10(15)8-14/h7,10,15H,3-6,8H2,1-2H3. The highest BCUT2D eigenvalue weighted by molar-refractivity contribution is 5.91. The Hall–Kier alpha value is -1.29. The molecule has 4 nitrogen and oxygen atoms in total. The fourth-order valence-electron chi connectivity index (χ4n) is 2.27. The van der Waals surface area contributed by atoms with Crippen LogP contribution in [0.5, 0.6) is 0 Å². The van der Waals surface area contributed by atoms with E-state index in [0.717, 1.165) is 30.6 Å². The Balaban J connectivity index is 2.13. The van der Waals surface area contributed by atoms with Gasteiger partial charge in [-0.2, -0.15) is 0 Å². The summed E-state index contributed by atoms with van der Waals surface area (Å²) in [6.45, 7) is 5.08. The molecule has 0 bridgehead atoms. The van der Waals surface area contributed by atoms with Crippen LogP contribution in [0.3, 0.4) is 0 Å². The second-order valence-corrected chi connectivity index (χ2v) is 4.62. The number of hydrogen-bond acceptors (Lipinski definition) is 3. The van der Waals surface area contributed by atoms with Crippen LogP contribution in [0.25, 0.3) is 0 Å². The number of likely N-dealkylation sites (tertiary alicyclic amines) is 1. The van der Waals surface area contributed by atoms with Crippen LogP contribution in [0.2, 0.25) is 0 Å². The van der Waals surface area contributed by atoms with E-state index in [0.29, 0.717) is 18.8 Å².